The van der Waals surface area contributed by atoms with Crippen molar-refractivity contribution in [2.75, 3.05) is 0 Å². The highest BCUT2D eigenvalue weighted by Crippen LogP contribution is 2.29. The van der Waals surface area contributed by atoms with E-state index in [0.29, 0.717) is 0 Å². The lowest BCUT2D eigenvalue weighted by molar-refractivity contribution is -0.145. The minimum absolute atomic E-state index is 0.624. The maximum absolute atomic E-state index is 10.8. The van der Waals surface area contributed by atoms with Crippen molar-refractivity contribution < 1.29 is 14.7 Å². The van der Waals surface area contributed by atoms with Crippen LogP contribution in [0.2, 0.25) is 0 Å². The number of carbonyl (C=O) groups is 2. The molecule has 0 aliphatic carbocycles. The number of aliphatic carboxylic acids is 1. The first-order valence-corrected chi connectivity index (χ1v) is 3.80. The van der Waals surface area contributed by atoms with Crippen molar-refractivity contribution in [1.82, 2.24) is 0 Å². The van der Waals surface area contributed by atoms with Gasteiger partial charge in [-0.3, -0.25) is 4.79 Å². The number of carbonyl (C=O) groups excluding carboxylic acids is 1. The van der Waals surface area contributed by atoms with Crippen molar-refractivity contribution in [3.8, 4) is 0 Å². The van der Waals surface area contributed by atoms with Gasteiger partial charge < -0.3 is 16.6 Å². The molecule has 0 aromatic rings. The van der Waals surface area contributed by atoms with Gasteiger partial charge in [0.25, 0.3) is 0 Å². The van der Waals surface area contributed by atoms with Gasteiger partial charge in [0.15, 0.2) is 15.5 Å². The molecule has 0 amide bonds. The number of hydrogen-bond acceptors (Lipinski definition) is 6. The van der Waals surface area contributed by atoms with E-state index >= 15 is 0 Å². The molecular weight excluding hydrogens is 200 g/mol. The van der Waals surface area contributed by atoms with Crippen LogP contribution in [-0.2, 0) is 9.59 Å². The Morgan fingerprint density at radius 1 is 1.33 bits per heavy atom. The Morgan fingerprint density at radius 3 is 1.75 bits per heavy atom. The number of hydrogen-bond donors (Lipinski definition) is 5. The number of carboxylic acid groups (broad SMARTS) is 1. The fourth-order valence-electron chi connectivity index (χ4n) is 0.440. The summed E-state index contributed by atoms with van der Waals surface area (Å²) < 4.78 is -1.88. The minimum atomic E-state index is -2.29. The molecule has 0 saturated heterocycles. The molecule has 0 unspecified atom stereocenters. The van der Waals surface area contributed by atoms with Crippen LogP contribution in [0.1, 0.15) is 6.92 Å². The Bertz CT molecular complexity index is 203. The SMILES string of the molecule is CC(=O)C(S)(S)C(N)(N)C(=O)O. The smallest absolute Gasteiger partial charge is 0.341 e. The number of nitrogens with two attached hydrogens (primary N) is 2. The summed E-state index contributed by atoms with van der Waals surface area (Å²) in [5, 5.41) is 8.53. The molecule has 12 heavy (non-hydrogen) atoms. The lowest BCUT2D eigenvalue weighted by Gasteiger charge is -2.32. The van der Waals surface area contributed by atoms with Crippen molar-refractivity contribution in [2.45, 2.75) is 16.7 Å². The predicted octanol–water partition coefficient (Wildman–Crippen LogP) is -1.17. The average molecular weight is 210 g/mol. The molecule has 0 rings (SSSR count). The molecule has 0 atom stereocenters. The van der Waals surface area contributed by atoms with Crippen molar-refractivity contribution >= 4 is 37.0 Å². The Labute approximate surface area is 80.3 Å². The maximum atomic E-state index is 10.8. The van der Waals surface area contributed by atoms with E-state index in [4.69, 9.17) is 16.6 Å². The normalized spacial score (nSPS) is 12.8. The second-order valence-corrected chi connectivity index (χ2v) is 4.10. The van der Waals surface area contributed by atoms with Gasteiger partial charge in [-0.25, -0.2) is 4.79 Å². The Hall–Kier alpha value is -0.240. The summed E-state index contributed by atoms with van der Waals surface area (Å²) in [5.41, 5.74) is 8.00. The van der Waals surface area contributed by atoms with Crippen LogP contribution in [0.4, 0.5) is 0 Å². The molecule has 0 aliphatic rings. The number of Topliss-reactive ketones (excluding diaryl/α,β-unsaturated/α-hetero) is 1. The Balaban J connectivity index is 5.01. The summed E-state index contributed by atoms with van der Waals surface area (Å²) in [6.07, 6.45) is 0. The van der Waals surface area contributed by atoms with Crippen LogP contribution in [0.3, 0.4) is 0 Å². The standard InChI is InChI=1S/C5H10N2O3S2/c1-2(8)5(11,12)4(6,7)3(9)10/h11-12H,6-7H2,1H3,(H,9,10). The summed E-state index contributed by atoms with van der Waals surface area (Å²) in [5.74, 6) is -2.16. The molecule has 0 saturated carbocycles. The van der Waals surface area contributed by atoms with Gasteiger partial charge in [0, 0.05) is 0 Å². The van der Waals surface area contributed by atoms with Gasteiger partial charge in [-0.1, -0.05) is 0 Å². The van der Waals surface area contributed by atoms with Crippen molar-refractivity contribution in [3.05, 3.63) is 0 Å². The molecule has 70 valence electrons. The van der Waals surface area contributed by atoms with Crippen LogP contribution in [0.25, 0.3) is 0 Å². The van der Waals surface area contributed by atoms with Crippen molar-refractivity contribution in [2.24, 2.45) is 11.5 Å². The summed E-state index contributed by atoms with van der Waals surface area (Å²) in [6, 6.07) is 0. The van der Waals surface area contributed by atoms with E-state index in [9.17, 15) is 9.59 Å². The molecular formula is C5H10N2O3S2. The second-order valence-electron chi connectivity index (χ2n) is 2.40. The molecule has 0 aromatic carbocycles. The fourth-order valence-corrected chi connectivity index (χ4v) is 0.632. The van der Waals surface area contributed by atoms with E-state index in [0.717, 1.165) is 6.92 Å². The number of thiol groups is 2. The average Bonchev–Trinajstić information content (AvgIpc) is 1.86. The van der Waals surface area contributed by atoms with E-state index in [1.54, 1.807) is 0 Å². The monoisotopic (exact) mass is 210 g/mol. The summed E-state index contributed by atoms with van der Waals surface area (Å²) >= 11 is 7.37. The lowest BCUT2D eigenvalue weighted by atomic mass is 10.0. The summed E-state index contributed by atoms with van der Waals surface area (Å²) in [4.78, 5) is 21.3. The molecule has 0 aromatic heterocycles. The van der Waals surface area contributed by atoms with Crippen molar-refractivity contribution in [3.63, 3.8) is 0 Å². The number of rotatable bonds is 3. The zero-order chi connectivity index (χ0) is 10.2. The zero-order valence-electron chi connectivity index (χ0n) is 6.31. The van der Waals surface area contributed by atoms with Gasteiger partial charge in [0.05, 0.1) is 0 Å². The molecule has 0 fully saturated rings. The van der Waals surface area contributed by atoms with Gasteiger partial charge in [0.1, 0.15) is 0 Å². The van der Waals surface area contributed by atoms with Gasteiger partial charge in [-0.2, -0.15) is 25.3 Å². The van der Waals surface area contributed by atoms with Crippen LogP contribution < -0.4 is 11.5 Å². The highest BCUT2D eigenvalue weighted by Gasteiger charge is 2.50. The maximum Gasteiger partial charge on any atom is 0.341 e. The summed E-state index contributed by atoms with van der Waals surface area (Å²) in [6.45, 7) is 1.11. The summed E-state index contributed by atoms with van der Waals surface area (Å²) in [7, 11) is 0. The van der Waals surface area contributed by atoms with Gasteiger partial charge >= 0.3 is 5.97 Å². The highest BCUT2D eigenvalue weighted by molar-refractivity contribution is 8.02. The predicted molar refractivity (Wildman–Crippen MR) is 50.1 cm³/mol. The Morgan fingerprint density at radius 2 is 1.67 bits per heavy atom. The van der Waals surface area contributed by atoms with E-state index in [2.05, 4.69) is 25.3 Å². The third kappa shape index (κ3) is 1.74. The van der Waals surface area contributed by atoms with Crippen LogP contribution in [-0.4, -0.2) is 26.6 Å². The number of carboxylic acids is 1. The zero-order valence-corrected chi connectivity index (χ0v) is 8.10. The van der Waals surface area contributed by atoms with E-state index in [1.807, 2.05) is 0 Å². The van der Waals surface area contributed by atoms with Crippen LogP contribution >= 0.6 is 25.3 Å². The van der Waals surface area contributed by atoms with E-state index < -0.39 is 21.5 Å². The molecule has 7 heteroatoms. The quantitative estimate of drug-likeness (QED) is 0.298. The third-order valence-corrected chi connectivity index (χ3v) is 2.79. The topological polar surface area (TPSA) is 106 Å². The first-order chi connectivity index (χ1) is 5.14. The largest absolute Gasteiger partial charge is 0.479 e. The molecule has 0 aliphatic heterocycles. The molecule has 5 N–H and O–H groups in total. The van der Waals surface area contributed by atoms with Crippen molar-refractivity contribution in [1.29, 1.82) is 0 Å². The van der Waals surface area contributed by atoms with Crippen LogP contribution in [0.5, 0.6) is 0 Å². The van der Waals surface area contributed by atoms with Gasteiger partial charge in [-0.15, -0.1) is 0 Å². The van der Waals surface area contributed by atoms with Gasteiger partial charge in [-0.05, 0) is 6.92 Å². The Kier molecular flexibility index (Phi) is 3.18. The third-order valence-electron chi connectivity index (χ3n) is 1.42. The molecule has 5 nitrogen and oxygen atoms in total. The minimum Gasteiger partial charge on any atom is -0.479 e. The molecule has 0 radical (unpaired) electrons. The van der Waals surface area contributed by atoms with Crippen LogP contribution in [0.15, 0.2) is 0 Å². The highest BCUT2D eigenvalue weighted by atomic mass is 32.2. The molecule has 0 bridgehead atoms. The first kappa shape index (κ1) is 11.8. The van der Waals surface area contributed by atoms with Crippen LogP contribution in [0, 0.1) is 0 Å². The lowest BCUT2D eigenvalue weighted by Crippen LogP contribution is -2.69. The molecule has 0 heterocycles. The number of ketones is 1. The van der Waals surface area contributed by atoms with E-state index in [-0.39, 0.29) is 0 Å². The molecule has 0 spiro atoms. The second kappa shape index (κ2) is 3.25. The first-order valence-electron chi connectivity index (χ1n) is 2.91. The van der Waals surface area contributed by atoms with E-state index in [1.165, 1.54) is 0 Å². The fraction of sp³-hybridized carbons (Fsp3) is 0.600. The van der Waals surface area contributed by atoms with Gasteiger partial charge in [0.2, 0.25) is 0 Å².